The Morgan fingerprint density at radius 3 is 2.54 bits per heavy atom. The number of hydrogen-bond acceptors (Lipinski definition) is 9. The number of nitrogens with zero attached hydrogens (tertiary/aromatic N) is 3. The lowest BCUT2D eigenvalue weighted by Crippen LogP contribution is -2.33. The molecule has 6 N–H and O–H groups in total. The van der Waals surface area contributed by atoms with Gasteiger partial charge in [-0.2, -0.15) is 0 Å². The second-order valence-electron chi connectivity index (χ2n) is 8.43. The maximum Gasteiger partial charge on any atom is 0.157 e. The molecule has 1 aliphatic heterocycles. The molecule has 10 nitrogen and oxygen atoms in total. The van der Waals surface area contributed by atoms with Crippen LogP contribution >= 0.6 is 0 Å². The minimum Gasteiger partial charge on any atom is -0.508 e. The number of phenolic OH excluding ortho intramolecular Hbond substituents is 4. The van der Waals surface area contributed by atoms with Crippen LogP contribution in [0.3, 0.4) is 0 Å². The first kappa shape index (κ1) is 22.4. The van der Waals surface area contributed by atoms with Gasteiger partial charge >= 0.3 is 0 Å². The van der Waals surface area contributed by atoms with Crippen LogP contribution in [-0.4, -0.2) is 41.5 Å². The number of fused-ring (bicyclic) bond motifs is 1. The largest absolute Gasteiger partial charge is 0.508 e. The van der Waals surface area contributed by atoms with E-state index in [1.54, 1.807) is 16.9 Å². The number of nitrogen functional groups attached to an aromatic ring is 1. The van der Waals surface area contributed by atoms with Gasteiger partial charge in [-0.05, 0) is 35.4 Å². The molecule has 0 bridgehead atoms. The third-order valence-electron chi connectivity index (χ3n) is 5.85. The second-order valence-corrected chi connectivity index (χ2v) is 8.43. The summed E-state index contributed by atoms with van der Waals surface area (Å²) >= 11 is 0. The first-order chi connectivity index (χ1) is 16.9. The van der Waals surface area contributed by atoms with Crippen LogP contribution in [0.15, 0.2) is 60.8 Å². The predicted octanol–water partition coefficient (Wildman–Crippen LogP) is 2.99. The first-order valence-electron chi connectivity index (χ1n) is 10.9. The molecule has 180 valence electrons. The molecule has 0 amide bonds. The fourth-order valence-electron chi connectivity index (χ4n) is 4.08. The molecule has 0 unspecified atom stereocenters. The fourth-order valence-corrected chi connectivity index (χ4v) is 4.08. The highest BCUT2D eigenvalue weighted by molar-refractivity contribution is 5.52. The Bertz CT molecular complexity index is 1350. The van der Waals surface area contributed by atoms with Crippen LogP contribution in [-0.2, 0) is 24.3 Å². The van der Waals surface area contributed by atoms with Gasteiger partial charge in [0.15, 0.2) is 17.6 Å². The van der Waals surface area contributed by atoms with E-state index in [4.69, 9.17) is 15.2 Å². The van der Waals surface area contributed by atoms with Crippen LogP contribution < -0.4 is 10.5 Å². The summed E-state index contributed by atoms with van der Waals surface area (Å²) in [7, 11) is 0. The molecule has 4 aromatic rings. The minimum absolute atomic E-state index is 0.102. The molecule has 3 aromatic carbocycles. The Balaban J connectivity index is 1.35. The third kappa shape index (κ3) is 4.78. The number of aromatic nitrogens is 3. The molecule has 2 heterocycles. The molecule has 0 aliphatic carbocycles. The van der Waals surface area contributed by atoms with Crippen molar-refractivity contribution < 1.29 is 29.9 Å². The number of rotatable bonds is 6. The van der Waals surface area contributed by atoms with Crippen LogP contribution in [0.2, 0.25) is 0 Å². The average molecular weight is 476 g/mol. The van der Waals surface area contributed by atoms with E-state index in [0.29, 0.717) is 34.8 Å². The number of anilines is 1. The van der Waals surface area contributed by atoms with Gasteiger partial charge in [-0.1, -0.05) is 23.4 Å². The summed E-state index contributed by atoms with van der Waals surface area (Å²) in [5.74, 6) is -0.467. The van der Waals surface area contributed by atoms with Crippen molar-refractivity contribution in [2.75, 3.05) is 5.73 Å². The third-order valence-corrected chi connectivity index (χ3v) is 5.85. The molecule has 1 aliphatic rings. The van der Waals surface area contributed by atoms with E-state index in [1.165, 1.54) is 24.3 Å². The maximum absolute atomic E-state index is 10.3. The van der Waals surface area contributed by atoms with Crippen molar-refractivity contribution in [1.29, 1.82) is 0 Å². The van der Waals surface area contributed by atoms with E-state index in [0.717, 1.165) is 5.56 Å². The zero-order valence-corrected chi connectivity index (χ0v) is 18.6. The van der Waals surface area contributed by atoms with Gasteiger partial charge in [0.2, 0.25) is 0 Å². The van der Waals surface area contributed by atoms with Gasteiger partial charge in [-0.15, -0.1) is 5.10 Å². The fraction of sp³-hybridized carbons (Fsp3) is 0.200. The highest BCUT2D eigenvalue weighted by Crippen LogP contribution is 2.43. The molecule has 1 aromatic heterocycles. The first-order valence-corrected chi connectivity index (χ1v) is 10.9. The van der Waals surface area contributed by atoms with E-state index >= 15 is 0 Å². The van der Waals surface area contributed by atoms with E-state index in [9.17, 15) is 20.4 Å². The normalized spacial score (nSPS) is 17.0. The number of phenols is 4. The van der Waals surface area contributed by atoms with Crippen LogP contribution in [0.1, 0.15) is 28.5 Å². The molecular formula is C25H24N4O6. The lowest BCUT2D eigenvalue weighted by Gasteiger charge is -2.34. The highest BCUT2D eigenvalue weighted by atomic mass is 16.5. The Kier molecular flexibility index (Phi) is 5.79. The summed E-state index contributed by atoms with van der Waals surface area (Å²) in [5.41, 5.74) is 9.12. The second kappa shape index (κ2) is 9.07. The van der Waals surface area contributed by atoms with Crippen molar-refractivity contribution in [2.45, 2.75) is 31.8 Å². The van der Waals surface area contributed by atoms with E-state index in [1.807, 2.05) is 24.3 Å². The maximum atomic E-state index is 10.3. The summed E-state index contributed by atoms with van der Waals surface area (Å²) < 4.78 is 13.9. The zero-order chi connectivity index (χ0) is 24.5. The molecule has 35 heavy (non-hydrogen) atoms. The smallest absolute Gasteiger partial charge is 0.157 e. The molecule has 0 saturated carbocycles. The van der Waals surface area contributed by atoms with Gasteiger partial charge in [0.25, 0.3) is 0 Å². The Morgan fingerprint density at radius 1 is 0.971 bits per heavy atom. The van der Waals surface area contributed by atoms with E-state index in [-0.39, 0.29) is 36.0 Å². The Hall–Kier alpha value is -4.44. The quantitative estimate of drug-likeness (QED) is 0.208. The van der Waals surface area contributed by atoms with Crippen molar-refractivity contribution in [3.8, 4) is 28.7 Å². The van der Waals surface area contributed by atoms with Crippen LogP contribution in [0, 0.1) is 0 Å². The van der Waals surface area contributed by atoms with Gasteiger partial charge in [0, 0.05) is 29.8 Å². The molecule has 5 rings (SSSR count). The molecular weight excluding hydrogens is 452 g/mol. The van der Waals surface area contributed by atoms with Crippen molar-refractivity contribution in [2.24, 2.45) is 0 Å². The van der Waals surface area contributed by atoms with Gasteiger partial charge in [-0.3, -0.25) is 0 Å². The number of aromatic hydroxyl groups is 4. The molecule has 0 spiro atoms. The molecule has 0 radical (unpaired) electrons. The minimum atomic E-state index is -0.681. The topological polar surface area (TPSA) is 156 Å². The number of nitrogens with two attached hydrogens (primary N) is 1. The summed E-state index contributed by atoms with van der Waals surface area (Å²) in [6.07, 6.45) is 0.822. The standard InChI is InChI=1S/C25H24N4O6/c26-16-4-1-14(2-5-16)11-29-12-17(27-28-29)13-34-24-10-19-21(32)8-18(30)9-23(19)35-25(24)15-3-6-20(31)22(33)7-15/h1-9,12,24-25,30-33H,10-11,13,26H2/t24-,25-/m1/s1. The zero-order valence-electron chi connectivity index (χ0n) is 18.6. The van der Waals surface area contributed by atoms with Crippen molar-refractivity contribution >= 4 is 5.69 Å². The number of benzene rings is 3. The number of ether oxygens (including phenoxy) is 2. The molecule has 2 atom stereocenters. The van der Waals surface area contributed by atoms with Crippen molar-refractivity contribution in [1.82, 2.24) is 15.0 Å². The predicted molar refractivity (Wildman–Crippen MR) is 125 cm³/mol. The summed E-state index contributed by atoms with van der Waals surface area (Å²) in [4.78, 5) is 0. The van der Waals surface area contributed by atoms with Crippen molar-refractivity contribution in [3.63, 3.8) is 0 Å². The Labute approximate surface area is 200 Å². The van der Waals surface area contributed by atoms with Crippen molar-refractivity contribution in [3.05, 3.63) is 83.2 Å². The van der Waals surface area contributed by atoms with Crippen LogP contribution in [0.25, 0.3) is 0 Å². The average Bonchev–Trinajstić information content (AvgIpc) is 3.28. The number of hydrogen-bond donors (Lipinski definition) is 5. The van der Waals surface area contributed by atoms with Gasteiger partial charge in [0.05, 0.1) is 19.3 Å². The lowest BCUT2D eigenvalue weighted by molar-refractivity contribution is -0.0476. The van der Waals surface area contributed by atoms with E-state index in [2.05, 4.69) is 10.3 Å². The Morgan fingerprint density at radius 2 is 1.77 bits per heavy atom. The lowest BCUT2D eigenvalue weighted by atomic mass is 9.93. The summed E-state index contributed by atoms with van der Waals surface area (Å²) in [6.45, 7) is 0.657. The molecule has 0 fully saturated rings. The van der Waals surface area contributed by atoms with Crippen LogP contribution in [0.4, 0.5) is 5.69 Å². The summed E-state index contributed by atoms with van der Waals surface area (Å²) in [6, 6.07) is 14.5. The molecule has 10 heteroatoms. The van der Waals surface area contributed by atoms with Gasteiger partial charge < -0.3 is 35.6 Å². The van der Waals surface area contributed by atoms with Crippen LogP contribution in [0.5, 0.6) is 28.7 Å². The van der Waals surface area contributed by atoms with E-state index < -0.39 is 12.2 Å². The highest BCUT2D eigenvalue weighted by Gasteiger charge is 2.34. The monoisotopic (exact) mass is 476 g/mol. The van der Waals surface area contributed by atoms with Gasteiger partial charge in [0.1, 0.15) is 29.0 Å². The SMILES string of the molecule is Nc1ccc(Cn2cc(CO[C@@H]3Cc4c(O)cc(O)cc4O[C@@H]3c3ccc(O)c(O)c3)nn2)cc1. The van der Waals surface area contributed by atoms with Gasteiger partial charge in [-0.25, -0.2) is 4.68 Å². The summed E-state index contributed by atoms with van der Waals surface area (Å²) in [5, 5.41) is 48.2. The molecule has 0 saturated heterocycles.